The van der Waals surface area contributed by atoms with Gasteiger partial charge in [0, 0.05) is 32.2 Å². The van der Waals surface area contributed by atoms with Crippen molar-refractivity contribution in [1.29, 1.82) is 0 Å². The van der Waals surface area contributed by atoms with E-state index in [9.17, 15) is 19.7 Å². The highest BCUT2D eigenvalue weighted by Crippen LogP contribution is 2.36. The van der Waals surface area contributed by atoms with Gasteiger partial charge in [-0.2, -0.15) is 0 Å². The average Bonchev–Trinajstić information content (AvgIpc) is 3.16. The maximum absolute atomic E-state index is 12.7. The van der Waals surface area contributed by atoms with Crippen LogP contribution in [0, 0.1) is 10.1 Å². The molecular formula is C23H11Br3N2O6. The molecule has 0 saturated heterocycles. The molecule has 34 heavy (non-hydrogen) atoms. The molecule has 3 aromatic rings. The fourth-order valence-electron chi connectivity index (χ4n) is 2.94. The molecule has 0 atom stereocenters. The fraction of sp³-hybridized carbons (Fsp3) is 0. The molecule has 0 bridgehead atoms. The van der Waals surface area contributed by atoms with Crippen molar-refractivity contribution in [2.45, 2.75) is 0 Å². The van der Waals surface area contributed by atoms with Crippen LogP contribution in [-0.4, -0.2) is 22.8 Å². The first-order valence-electron chi connectivity index (χ1n) is 9.45. The number of nitro groups is 1. The van der Waals surface area contributed by atoms with Crippen LogP contribution in [-0.2, 0) is 9.53 Å². The third-order valence-corrected chi connectivity index (χ3v) is 6.13. The summed E-state index contributed by atoms with van der Waals surface area (Å²) in [4.78, 5) is 39.7. The molecule has 0 amide bonds. The van der Waals surface area contributed by atoms with Crippen LogP contribution in [0.5, 0.6) is 5.75 Å². The molecule has 0 spiro atoms. The third-order valence-electron chi connectivity index (χ3n) is 4.55. The van der Waals surface area contributed by atoms with Crippen molar-refractivity contribution >= 4 is 77.4 Å². The lowest BCUT2D eigenvalue weighted by Crippen LogP contribution is -2.10. The van der Waals surface area contributed by atoms with Gasteiger partial charge in [-0.1, -0.05) is 31.9 Å². The largest absolute Gasteiger partial charge is 0.421 e. The molecule has 0 aliphatic carbocycles. The van der Waals surface area contributed by atoms with Crippen LogP contribution in [0.2, 0.25) is 0 Å². The zero-order valence-corrected chi connectivity index (χ0v) is 21.6. The number of rotatable bonds is 5. The molecule has 1 heterocycles. The number of aliphatic imine (C=N–C) groups is 1. The quantitative estimate of drug-likeness (QED) is 0.103. The van der Waals surface area contributed by atoms with E-state index >= 15 is 0 Å². The molecule has 0 N–H and O–H groups in total. The maximum atomic E-state index is 12.7. The number of cyclic esters (lactones) is 1. The van der Waals surface area contributed by atoms with Gasteiger partial charge < -0.3 is 9.47 Å². The Hall–Kier alpha value is -3.15. The molecule has 170 valence electrons. The third kappa shape index (κ3) is 5.32. The lowest BCUT2D eigenvalue weighted by atomic mass is 10.1. The topological polar surface area (TPSA) is 108 Å². The minimum absolute atomic E-state index is 0.0237. The number of hydrogen-bond donors (Lipinski definition) is 0. The number of nitro benzene ring substituents is 1. The van der Waals surface area contributed by atoms with Crippen molar-refractivity contribution < 1.29 is 24.0 Å². The number of halogens is 3. The lowest BCUT2D eigenvalue weighted by molar-refractivity contribution is -0.384. The van der Waals surface area contributed by atoms with Crippen LogP contribution in [0.25, 0.3) is 6.08 Å². The summed E-state index contributed by atoms with van der Waals surface area (Å²) in [7, 11) is 0. The van der Waals surface area contributed by atoms with E-state index in [1.807, 2.05) is 0 Å². The Morgan fingerprint density at radius 1 is 1.00 bits per heavy atom. The van der Waals surface area contributed by atoms with Crippen molar-refractivity contribution in [3.63, 3.8) is 0 Å². The van der Waals surface area contributed by atoms with E-state index in [-0.39, 0.29) is 28.6 Å². The second kappa shape index (κ2) is 10.00. The van der Waals surface area contributed by atoms with Crippen molar-refractivity contribution in [1.82, 2.24) is 0 Å². The Kier molecular flexibility index (Phi) is 7.05. The summed E-state index contributed by atoms with van der Waals surface area (Å²) in [5.41, 5.74) is 1.00. The number of carbonyl (C=O) groups excluding carboxylic acids is 2. The Morgan fingerprint density at radius 2 is 1.68 bits per heavy atom. The standard InChI is InChI=1S/C23H11Br3N2O6/c24-15-5-1-12(2-6-15)21-27-19(23(30)34-21)10-14-9-16(25)11-18(26)20(14)33-22(29)13-3-7-17(8-4-13)28(31)32/h1-11H/b19-10-. The first-order chi connectivity index (χ1) is 16.2. The Balaban J connectivity index is 1.67. The SMILES string of the molecule is O=C1OC(c2ccc(Br)cc2)=N/C1=C\c1cc(Br)cc(Br)c1OC(=O)c1ccc([N+](=O)[O-])cc1. The summed E-state index contributed by atoms with van der Waals surface area (Å²) < 4.78 is 12.8. The number of benzene rings is 3. The number of ether oxygens (including phenoxy) is 2. The molecule has 8 nitrogen and oxygen atoms in total. The molecule has 3 aromatic carbocycles. The van der Waals surface area contributed by atoms with E-state index in [4.69, 9.17) is 9.47 Å². The van der Waals surface area contributed by atoms with E-state index in [0.717, 1.165) is 4.47 Å². The molecule has 0 aromatic heterocycles. The van der Waals surface area contributed by atoms with Gasteiger partial charge in [0.25, 0.3) is 5.69 Å². The Morgan fingerprint density at radius 3 is 2.32 bits per heavy atom. The minimum Gasteiger partial charge on any atom is -0.421 e. The summed E-state index contributed by atoms with van der Waals surface area (Å²) in [6.45, 7) is 0. The Bertz CT molecular complexity index is 1380. The summed E-state index contributed by atoms with van der Waals surface area (Å²) in [5.74, 6) is -1.09. The maximum Gasteiger partial charge on any atom is 0.363 e. The predicted octanol–water partition coefficient (Wildman–Crippen LogP) is 6.45. The van der Waals surface area contributed by atoms with Gasteiger partial charge in [-0.3, -0.25) is 10.1 Å². The van der Waals surface area contributed by atoms with Gasteiger partial charge in [0.05, 0.1) is 15.0 Å². The number of carbonyl (C=O) groups is 2. The van der Waals surface area contributed by atoms with Crippen LogP contribution in [0.4, 0.5) is 5.69 Å². The normalized spacial score (nSPS) is 14.0. The van der Waals surface area contributed by atoms with Gasteiger partial charge in [0.15, 0.2) is 11.4 Å². The molecule has 0 fully saturated rings. The summed E-state index contributed by atoms with van der Waals surface area (Å²) in [6.07, 6.45) is 1.45. The van der Waals surface area contributed by atoms with Crippen molar-refractivity contribution in [3.8, 4) is 5.75 Å². The first-order valence-corrected chi connectivity index (χ1v) is 11.8. The summed E-state index contributed by atoms with van der Waals surface area (Å²) in [6, 6.07) is 15.5. The van der Waals surface area contributed by atoms with Crippen LogP contribution < -0.4 is 4.74 Å². The monoisotopic (exact) mass is 648 g/mol. The van der Waals surface area contributed by atoms with Gasteiger partial charge in [-0.25, -0.2) is 14.6 Å². The van der Waals surface area contributed by atoms with E-state index in [1.54, 1.807) is 36.4 Å². The highest BCUT2D eigenvalue weighted by Gasteiger charge is 2.25. The molecule has 0 radical (unpaired) electrons. The van der Waals surface area contributed by atoms with Crippen molar-refractivity contribution in [2.24, 2.45) is 4.99 Å². The zero-order chi connectivity index (χ0) is 24.4. The highest BCUT2D eigenvalue weighted by molar-refractivity contribution is 9.11. The predicted molar refractivity (Wildman–Crippen MR) is 135 cm³/mol. The summed E-state index contributed by atoms with van der Waals surface area (Å²) in [5, 5.41) is 10.8. The van der Waals surface area contributed by atoms with Crippen LogP contribution in [0.15, 0.2) is 84.8 Å². The van der Waals surface area contributed by atoms with E-state index in [1.165, 1.54) is 30.3 Å². The van der Waals surface area contributed by atoms with E-state index in [0.29, 0.717) is 20.1 Å². The summed E-state index contributed by atoms with van der Waals surface area (Å²) >= 11 is 10.1. The van der Waals surface area contributed by atoms with E-state index in [2.05, 4.69) is 52.8 Å². The van der Waals surface area contributed by atoms with Crippen LogP contribution in [0.1, 0.15) is 21.5 Å². The molecule has 0 unspecified atom stereocenters. The molecule has 4 rings (SSSR count). The number of non-ortho nitro benzene ring substituents is 1. The highest BCUT2D eigenvalue weighted by atomic mass is 79.9. The molecular weight excluding hydrogens is 640 g/mol. The van der Waals surface area contributed by atoms with Crippen LogP contribution in [0.3, 0.4) is 0 Å². The lowest BCUT2D eigenvalue weighted by Gasteiger charge is -2.11. The number of hydrogen-bond acceptors (Lipinski definition) is 7. The Labute approximate surface area is 217 Å². The van der Waals surface area contributed by atoms with Crippen molar-refractivity contribution in [3.05, 3.63) is 107 Å². The van der Waals surface area contributed by atoms with Gasteiger partial charge in [0.1, 0.15) is 0 Å². The second-order valence-electron chi connectivity index (χ2n) is 6.84. The number of nitrogens with zero attached hydrogens (tertiary/aromatic N) is 2. The molecule has 11 heteroatoms. The first kappa shape index (κ1) is 24.0. The molecule has 1 aliphatic heterocycles. The molecule has 0 saturated carbocycles. The second-order valence-corrected chi connectivity index (χ2v) is 9.53. The average molecular weight is 651 g/mol. The molecule has 1 aliphatic rings. The minimum atomic E-state index is -0.731. The van der Waals surface area contributed by atoms with Gasteiger partial charge in [0.2, 0.25) is 5.90 Å². The smallest absolute Gasteiger partial charge is 0.363 e. The van der Waals surface area contributed by atoms with Gasteiger partial charge >= 0.3 is 11.9 Å². The number of esters is 2. The van der Waals surface area contributed by atoms with Gasteiger partial charge in [-0.05, 0) is 70.5 Å². The zero-order valence-electron chi connectivity index (χ0n) is 16.8. The van der Waals surface area contributed by atoms with Crippen molar-refractivity contribution in [2.75, 3.05) is 0 Å². The van der Waals surface area contributed by atoms with E-state index < -0.39 is 16.9 Å². The van der Waals surface area contributed by atoms with Crippen LogP contribution >= 0.6 is 47.8 Å². The van der Waals surface area contributed by atoms with Gasteiger partial charge in [-0.15, -0.1) is 0 Å². The fourth-order valence-corrected chi connectivity index (χ4v) is 4.54.